The molecule has 0 atom stereocenters. The van der Waals surface area contributed by atoms with Crippen molar-refractivity contribution < 1.29 is 13.2 Å². The van der Waals surface area contributed by atoms with Crippen molar-refractivity contribution in [2.75, 3.05) is 0 Å². The maximum absolute atomic E-state index is 12.4. The van der Waals surface area contributed by atoms with E-state index in [4.69, 9.17) is 5.73 Å². The second kappa shape index (κ2) is 3.45. The molecule has 1 aromatic rings. The molecule has 0 bridgehead atoms. The smallest absolute Gasteiger partial charge is 0.325 e. The van der Waals surface area contributed by atoms with Gasteiger partial charge in [-0.05, 0) is 38.8 Å². The molecule has 0 unspecified atom stereocenters. The van der Waals surface area contributed by atoms with Crippen LogP contribution in [0.3, 0.4) is 0 Å². The predicted octanol–water partition coefficient (Wildman–Crippen LogP) is 2.87. The fraction of sp³-hybridized carbons (Fsp3) is 0.583. The third-order valence-electron chi connectivity index (χ3n) is 3.56. The average Bonchev–Trinajstić information content (AvgIpc) is 2.96. The van der Waals surface area contributed by atoms with Crippen LogP contribution < -0.4 is 5.73 Å². The monoisotopic (exact) mass is 244 g/mol. The van der Waals surface area contributed by atoms with E-state index in [0.29, 0.717) is 5.69 Å². The van der Waals surface area contributed by atoms with E-state index in [2.05, 4.69) is 4.98 Å². The normalized spacial score (nSPS) is 19.2. The summed E-state index contributed by atoms with van der Waals surface area (Å²) in [6, 6.07) is 2.53. The summed E-state index contributed by atoms with van der Waals surface area (Å²) in [5.41, 5.74) is 5.31. The number of hydrogen-bond donors (Lipinski definition) is 1. The number of hydrogen-bond acceptors (Lipinski definition) is 2. The van der Waals surface area contributed by atoms with Crippen LogP contribution in [0.2, 0.25) is 0 Å². The van der Waals surface area contributed by atoms with Gasteiger partial charge in [-0.25, -0.2) is 0 Å². The number of halogens is 3. The molecule has 0 aliphatic heterocycles. The van der Waals surface area contributed by atoms with E-state index in [0.717, 1.165) is 25.1 Å². The molecule has 1 aliphatic carbocycles. The summed E-state index contributed by atoms with van der Waals surface area (Å²) in [4.78, 5) is 3.95. The van der Waals surface area contributed by atoms with E-state index in [-0.39, 0.29) is 5.41 Å². The second-order valence-corrected chi connectivity index (χ2v) is 5.23. The van der Waals surface area contributed by atoms with Crippen LogP contribution in [0, 0.1) is 0 Å². The highest BCUT2D eigenvalue weighted by Crippen LogP contribution is 2.54. The maximum atomic E-state index is 12.4. The van der Waals surface area contributed by atoms with Crippen LogP contribution in [-0.4, -0.2) is 10.5 Å². The molecule has 0 spiro atoms. The van der Waals surface area contributed by atoms with Crippen LogP contribution in [-0.2, 0) is 11.6 Å². The molecule has 1 aliphatic rings. The van der Waals surface area contributed by atoms with Crippen molar-refractivity contribution in [1.29, 1.82) is 0 Å². The minimum Gasteiger partial charge on any atom is -0.325 e. The third kappa shape index (κ3) is 2.04. The van der Waals surface area contributed by atoms with Crippen molar-refractivity contribution in [1.82, 2.24) is 4.98 Å². The number of pyridine rings is 1. The molecule has 0 amide bonds. The van der Waals surface area contributed by atoms with E-state index in [1.54, 1.807) is 0 Å². The van der Waals surface area contributed by atoms with Crippen molar-refractivity contribution in [3.63, 3.8) is 0 Å². The number of nitrogens with zero attached hydrogens (tertiary/aromatic N) is 1. The zero-order valence-corrected chi connectivity index (χ0v) is 9.80. The molecule has 1 aromatic heterocycles. The first-order valence-electron chi connectivity index (χ1n) is 5.49. The lowest BCUT2D eigenvalue weighted by molar-refractivity contribution is -0.137. The highest BCUT2D eigenvalue weighted by atomic mass is 19.4. The first-order valence-corrected chi connectivity index (χ1v) is 5.49. The van der Waals surface area contributed by atoms with Gasteiger partial charge in [-0.2, -0.15) is 13.2 Å². The quantitative estimate of drug-likeness (QED) is 0.868. The molecular weight excluding hydrogens is 229 g/mol. The van der Waals surface area contributed by atoms with Gasteiger partial charge in [0.2, 0.25) is 0 Å². The molecule has 1 saturated carbocycles. The molecule has 17 heavy (non-hydrogen) atoms. The van der Waals surface area contributed by atoms with E-state index < -0.39 is 17.3 Å². The topological polar surface area (TPSA) is 38.9 Å². The average molecular weight is 244 g/mol. The number of alkyl halides is 3. The Hall–Kier alpha value is -1.10. The standard InChI is InChI=1S/C12H15F3N2/c1-10(2,16)11(5-6-11)9-4-3-8(7-17-9)12(13,14)15/h3-4,7H,5-6,16H2,1-2H3. The Bertz CT molecular complexity index is 411. The molecule has 0 radical (unpaired) electrons. The highest BCUT2D eigenvalue weighted by molar-refractivity contribution is 5.32. The van der Waals surface area contributed by atoms with E-state index in [9.17, 15) is 13.2 Å². The van der Waals surface area contributed by atoms with Crippen molar-refractivity contribution in [2.24, 2.45) is 5.73 Å². The Morgan fingerprint density at radius 2 is 1.82 bits per heavy atom. The van der Waals surface area contributed by atoms with Crippen molar-refractivity contribution >= 4 is 0 Å². The van der Waals surface area contributed by atoms with Gasteiger partial charge < -0.3 is 5.73 Å². The van der Waals surface area contributed by atoms with Crippen LogP contribution in [0.1, 0.15) is 37.9 Å². The lowest BCUT2D eigenvalue weighted by Crippen LogP contribution is -2.45. The summed E-state index contributed by atoms with van der Waals surface area (Å²) >= 11 is 0. The van der Waals surface area contributed by atoms with Gasteiger partial charge >= 0.3 is 6.18 Å². The zero-order chi connectivity index (χ0) is 12.9. The molecule has 0 saturated heterocycles. The number of nitrogens with two attached hydrogens (primary N) is 1. The summed E-state index contributed by atoms with van der Waals surface area (Å²) in [5, 5.41) is 0. The summed E-state index contributed by atoms with van der Waals surface area (Å²) in [6.07, 6.45) is -1.68. The Balaban J connectivity index is 2.32. The molecule has 1 heterocycles. The van der Waals surface area contributed by atoms with Crippen LogP contribution in [0.5, 0.6) is 0 Å². The van der Waals surface area contributed by atoms with Crippen molar-refractivity contribution in [2.45, 2.75) is 43.8 Å². The Kier molecular flexibility index (Phi) is 2.51. The summed E-state index contributed by atoms with van der Waals surface area (Å²) in [6.45, 7) is 3.78. The van der Waals surface area contributed by atoms with Gasteiger partial charge in [-0.3, -0.25) is 4.98 Å². The summed E-state index contributed by atoms with van der Waals surface area (Å²) < 4.78 is 37.2. The van der Waals surface area contributed by atoms with Gasteiger partial charge in [-0.15, -0.1) is 0 Å². The van der Waals surface area contributed by atoms with E-state index >= 15 is 0 Å². The predicted molar refractivity (Wildman–Crippen MR) is 58.4 cm³/mol. The lowest BCUT2D eigenvalue weighted by atomic mass is 9.82. The van der Waals surface area contributed by atoms with Gasteiger partial charge in [0, 0.05) is 22.8 Å². The summed E-state index contributed by atoms with van der Waals surface area (Å²) in [7, 11) is 0. The number of rotatable bonds is 2. The van der Waals surface area contributed by atoms with Crippen LogP contribution in [0.4, 0.5) is 13.2 Å². The van der Waals surface area contributed by atoms with E-state index in [1.165, 1.54) is 6.07 Å². The molecule has 0 aromatic carbocycles. The minimum absolute atomic E-state index is 0.253. The molecular formula is C12H15F3N2. The fourth-order valence-electron chi connectivity index (χ4n) is 2.20. The molecule has 94 valence electrons. The van der Waals surface area contributed by atoms with Crippen LogP contribution in [0.15, 0.2) is 18.3 Å². The van der Waals surface area contributed by atoms with Gasteiger partial charge in [-0.1, -0.05) is 0 Å². The van der Waals surface area contributed by atoms with Crippen molar-refractivity contribution in [3.8, 4) is 0 Å². The molecule has 2 nitrogen and oxygen atoms in total. The third-order valence-corrected chi connectivity index (χ3v) is 3.56. The number of aromatic nitrogens is 1. The largest absolute Gasteiger partial charge is 0.417 e. The van der Waals surface area contributed by atoms with Gasteiger partial charge in [0.25, 0.3) is 0 Å². The van der Waals surface area contributed by atoms with Gasteiger partial charge in [0.1, 0.15) is 0 Å². The van der Waals surface area contributed by atoms with Crippen molar-refractivity contribution in [3.05, 3.63) is 29.6 Å². The molecule has 5 heteroatoms. The lowest BCUT2D eigenvalue weighted by Gasteiger charge is -2.30. The Morgan fingerprint density at radius 3 is 2.12 bits per heavy atom. The minimum atomic E-state index is -4.33. The zero-order valence-electron chi connectivity index (χ0n) is 9.80. The highest BCUT2D eigenvalue weighted by Gasteiger charge is 2.54. The SMILES string of the molecule is CC(C)(N)C1(c2ccc(C(F)(F)F)cn2)CC1. The van der Waals surface area contributed by atoms with Crippen LogP contribution >= 0.6 is 0 Å². The van der Waals surface area contributed by atoms with E-state index in [1.807, 2.05) is 13.8 Å². The van der Waals surface area contributed by atoms with Gasteiger partial charge in [0.15, 0.2) is 0 Å². The Labute approximate surface area is 98.0 Å². The first-order chi connectivity index (χ1) is 7.67. The second-order valence-electron chi connectivity index (χ2n) is 5.23. The molecule has 2 N–H and O–H groups in total. The first kappa shape index (κ1) is 12.4. The fourth-order valence-corrected chi connectivity index (χ4v) is 2.20. The summed E-state index contributed by atoms with van der Waals surface area (Å²) in [5.74, 6) is 0. The maximum Gasteiger partial charge on any atom is 0.417 e. The van der Waals surface area contributed by atoms with Crippen LogP contribution in [0.25, 0.3) is 0 Å². The van der Waals surface area contributed by atoms with Gasteiger partial charge in [0.05, 0.1) is 5.56 Å². The molecule has 2 rings (SSSR count). The molecule has 1 fully saturated rings. The Morgan fingerprint density at radius 1 is 1.24 bits per heavy atom.